The standard InChI is InChI=1S/C32H30N2O8/c1-19-15-21(6-11-27(19)41-14-13-34-12-2-3-22(18-34)31(38)39)26(37)17-33-30-25-10-9-24(36)16-28(25)42-32(40)29(30)20-4-7-23(35)8-5-20/h3-11,15-16,33,35-36H,2,12-14,17-18H2,1H3,(H,38,39). The number of Topliss-reactive ketones (excluding diaryl/α,β-unsaturated/α-hetero) is 1. The monoisotopic (exact) mass is 570 g/mol. The van der Waals surface area contributed by atoms with Crippen molar-refractivity contribution in [2.75, 3.05) is 38.1 Å². The van der Waals surface area contributed by atoms with Crippen LogP contribution in [0.5, 0.6) is 17.2 Å². The van der Waals surface area contributed by atoms with Crippen molar-refractivity contribution in [3.8, 4) is 28.4 Å². The van der Waals surface area contributed by atoms with E-state index < -0.39 is 11.6 Å². The fraction of sp³-hybridized carbons (Fsp3) is 0.219. The Hall–Kier alpha value is -5.09. The average Bonchev–Trinajstić information content (AvgIpc) is 2.97. The van der Waals surface area contributed by atoms with Gasteiger partial charge in [0, 0.05) is 42.2 Å². The summed E-state index contributed by atoms with van der Waals surface area (Å²) in [6, 6.07) is 15.6. The normalized spacial score (nSPS) is 13.5. The third-order valence-electron chi connectivity index (χ3n) is 7.14. The molecule has 1 aromatic heterocycles. The van der Waals surface area contributed by atoms with Crippen LogP contribution in [0.15, 0.2) is 81.5 Å². The van der Waals surface area contributed by atoms with E-state index >= 15 is 0 Å². The van der Waals surface area contributed by atoms with Gasteiger partial charge in [0.15, 0.2) is 5.78 Å². The van der Waals surface area contributed by atoms with Crippen molar-refractivity contribution in [1.82, 2.24) is 4.90 Å². The van der Waals surface area contributed by atoms with Crippen LogP contribution in [0.1, 0.15) is 22.3 Å². The zero-order valence-corrected chi connectivity index (χ0v) is 22.9. The predicted molar refractivity (Wildman–Crippen MR) is 158 cm³/mol. The molecular weight excluding hydrogens is 540 g/mol. The number of benzene rings is 3. The van der Waals surface area contributed by atoms with E-state index in [-0.39, 0.29) is 35.0 Å². The number of anilines is 1. The van der Waals surface area contributed by atoms with Crippen LogP contribution in [0.25, 0.3) is 22.1 Å². The maximum atomic E-state index is 13.2. The summed E-state index contributed by atoms with van der Waals surface area (Å²) >= 11 is 0. The van der Waals surface area contributed by atoms with Crippen LogP contribution in [0.3, 0.4) is 0 Å². The fourth-order valence-electron chi connectivity index (χ4n) is 4.96. The Bertz CT molecular complexity index is 1740. The highest BCUT2D eigenvalue weighted by Gasteiger charge is 2.20. The molecule has 3 aromatic carbocycles. The average molecular weight is 571 g/mol. The van der Waals surface area contributed by atoms with E-state index in [0.29, 0.717) is 59.6 Å². The van der Waals surface area contributed by atoms with Crippen LogP contribution >= 0.6 is 0 Å². The van der Waals surface area contributed by atoms with Gasteiger partial charge in [-0.05, 0) is 66.9 Å². The zero-order valence-electron chi connectivity index (χ0n) is 22.9. The van der Waals surface area contributed by atoms with Crippen LogP contribution in [0.2, 0.25) is 0 Å². The fourth-order valence-corrected chi connectivity index (χ4v) is 4.96. The van der Waals surface area contributed by atoms with Crippen molar-refractivity contribution in [3.63, 3.8) is 0 Å². The summed E-state index contributed by atoms with van der Waals surface area (Å²) in [5.74, 6) is -0.515. The quantitative estimate of drug-likeness (QED) is 0.158. The van der Waals surface area contributed by atoms with E-state index in [1.807, 2.05) is 11.8 Å². The Morgan fingerprint density at radius 2 is 1.79 bits per heavy atom. The number of carbonyl (C=O) groups is 2. The number of ether oxygens (including phenoxy) is 1. The summed E-state index contributed by atoms with van der Waals surface area (Å²) in [7, 11) is 0. The van der Waals surface area contributed by atoms with Gasteiger partial charge in [-0.15, -0.1) is 0 Å². The van der Waals surface area contributed by atoms with Gasteiger partial charge in [0.05, 0.1) is 17.8 Å². The van der Waals surface area contributed by atoms with Gasteiger partial charge in [0.2, 0.25) is 0 Å². The van der Waals surface area contributed by atoms with Crippen LogP contribution < -0.4 is 15.7 Å². The lowest BCUT2D eigenvalue weighted by atomic mass is 10.0. The minimum Gasteiger partial charge on any atom is -0.508 e. The number of aryl methyl sites for hydroxylation is 1. The minimum atomic E-state index is -0.897. The highest BCUT2D eigenvalue weighted by Crippen LogP contribution is 2.34. The summed E-state index contributed by atoms with van der Waals surface area (Å²) in [5.41, 5.74) is 2.18. The second-order valence-electron chi connectivity index (χ2n) is 10.1. The molecule has 10 heteroatoms. The van der Waals surface area contributed by atoms with Gasteiger partial charge in [-0.25, -0.2) is 9.59 Å². The maximum Gasteiger partial charge on any atom is 0.346 e. The topological polar surface area (TPSA) is 150 Å². The lowest BCUT2D eigenvalue weighted by molar-refractivity contribution is -0.133. The SMILES string of the molecule is Cc1cc(C(=O)CNc2c(-c3ccc(O)cc3)c(=O)oc3cc(O)ccc23)ccc1OCCN1CCC=C(C(=O)O)C1. The molecule has 0 fully saturated rings. The van der Waals surface area contributed by atoms with Gasteiger partial charge in [-0.3, -0.25) is 9.69 Å². The lowest BCUT2D eigenvalue weighted by Crippen LogP contribution is -2.35. The lowest BCUT2D eigenvalue weighted by Gasteiger charge is -2.25. The Morgan fingerprint density at radius 3 is 2.52 bits per heavy atom. The van der Waals surface area contributed by atoms with Crippen molar-refractivity contribution in [2.24, 2.45) is 0 Å². The Kier molecular flexibility index (Phi) is 8.26. The molecule has 0 saturated carbocycles. The Morgan fingerprint density at radius 1 is 1.02 bits per heavy atom. The van der Waals surface area contributed by atoms with Crippen LogP contribution in [0.4, 0.5) is 5.69 Å². The molecule has 0 saturated heterocycles. The number of carbonyl (C=O) groups excluding carboxylic acids is 1. The molecule has 10 nitrogen and oxygen atoms in total. The van der Waals surface area contributed by atoms with Gasteiger partial charge in [-0.2, -0.15) is 0 Å². The van der Waals surface area contributed by atoms with Crippen molar-refractivity contribution < 1.29 is 34.1 Å². The molecule has 1 aliphatic heterocycles. The first kappa shape index (κ1) is 28.4. The molecule has 0 atom stereocenters. The Labute approximate surface area is 241 Å². The molecule has 4 N–H and O–H groups in total. The van der Waals surface area contributed by atoms with E-state index in [2.05, 4.69) is 5.32 Å². The number of carboxylic acid groups (broad SMARTS) is 1. The molecule has 2 heterocycles. The summed E-state index contributed by atoms with van der Waals surface area (Å²) in [4.78, 5) is 39.5. The smallest absolute Gasteiger partial charge is 0.346 e. The molecule has 1 aliphatic rings. The van der Waals surface area contributed by atoms with Gasteiger partial charge >= 0.3 is 11.6 Å². The number of phenols is 2. The number of carboxylic acids is 1. The third kappa shape index (κ3) is 6.29. The van der Waals surface area contributed by atoms with Gasteiger partial charge in [0.1, 0.15) is 29.4 Å². The molecule has 0 amide bonds. The van der Waals surface area contributed by atoms with E-state index in [4.69, 9.17) is 9.15 Å². The number of hydrogen-bond acceptors (Lipinski definition) is 9. The summed E-state index contributed by atoms with van der Waals surface area (Å²) in [6.07, 6.45) is 2.44. The molecule has 4 aromatic rings. The van der Waals surface area contributed by atoms with E-state index in [0.717, 1.165) is 12.1 Å². The minimum absolute atomic E-state index is 0.0392. The molecule has 0 radical (unpaired) electrons. The first-order valence-corrected chi connectivity index (χ1v) is 13.4. The van der Waals surface area contributed by atoms with Crippen molar-refractivity contribution >= 4 is 28.4 Å². The zero-order chi connectivity index (χ0) is 29.8. The van der Waals surface area contributed by atoms with Crippen LogP contribution in [0, 0.1) is 6.92 Å². The second kappa shape index (κ2) is 12.2. The first-order chi connectivity index (χ1) is 20.2. The molecule has 42 heavy (non-hydrogen) atoms. The molecule has 0 spiro atoms. The van der Waals surface area contributed by atoms with Crippen molar-refractivity contribution in [1.29, 1.82) is 0 Å². The largest absolute Gasteiger partial charge is 0.508 e. The van der Waals surface area contributed by atoms with E-state index in [1.165, 1.54) is 24.3 Å². The summed E-state index contributed by atoms with van der Waals surface area (Å²) < 4.78 is 11.4. The number of phenolic OH excluding ortho intramolecular Hbond substituents is 2. The molecule has 0 bridgehead atoms. The number of rotatable bonds is 10. The predicted octanol–water partition coefficient (Wildman–Crippen LogP) is 4.57. The van der Waals surface area contributed by atoms with Gasteiger partial charge in [0.25, 0.3) is 0 Å². The molecule has 0 aliphatic carbocycles. The Balaban J connectivity index is 1.30. The third-order valence-corrected chi connectivity index (χ3v) is 7.14. The molecule has 0 unspecified atom stereocenters. The van der Waals surface area contributed by atoms with Crippen molar-refractivity contribution in [2.45, 2.75) is 13.3 Å². The number of hydrogen-bond donors (Lipinski definition) is 4. The van der Waals surface area contributed by atoms with E-state index in [1.54, 1.807) is 42.5 Å². The van der Waals surface area contributed by atoms with Crippen LogP contribution in [-0.4, -0.2) is 64.8 Å². The van der Waals surface area contributed by atoms with Crippen molar-refractivity contribution in [3.05, 3.63) is 93.9 Å². The number of nitrogens with one attached hydrogen (secondary N) is 1. The van der Waals surface area contributed by atoms with E-state index in [9.17, 15) is 29.7 Å². The summed E-state index contributed by atoms with van der Waals surface area (Å²) in [6.45, 7) is 3.83. The highest BCUT2D eigenvalue weighted by atomic mass is 16.5. The number of ketones is 1. The van der Waals surface area contributed by atoms with Gasteiger partial charge in [-0.1, -0.05) is 18.2 Å². The maximum absolute atomic E-state index is 13.2. The number of aromatic hydroxyl groups is 2. The number of nitrogens with zero attached hydrogens (tertiary/aromatic N) is 1. The van der Waals surface area contributed by atoms with Gasteiger partial charge < -0.3 is 29.8 Å². The van der Waals surface area contributed by atoms with Crippen LogP contribution in [-0.2, 0) is 4.79 Å². The highest BCUT2D eigenvalue weighted by molar-refractivity contribution is 6.03. The first-order valence-electron chi connectivity index (χ1n) is 13.4. The number of aliphatic carboxylic acids is 1. The molecular formula is C32H30N2O8. The second-order valence-corrected chi connectivity index (χ2v) is 10.1. The number of fused-ring (bicyclic) bond motifs is 1. The molecule has 216 valence electrons. The molecule has 5 rings (SSSR count). The summed E-state index contributed by atoms with van der Waals surface area (Å²) in [5, 5.41) is 32.4.